The molecule has 0 N–H and O–H groups in total. The molecule has 0 amide bonds. The smallest absolute Gasteiger partial charge is 0.0149 e. The predicted molar refractivity (Wildman–Crippen MR) is 81.9 cm³/mol. The lowest BCUT2D eigenvalue weighted by molar-refractivity contribution is 0.687. The van der Waals surface area contributed by atoms with Crippen molar-refractivity contribution < 1.29 is 0 Å². The third-order valence-electron chi connectivity index (χ3n) is 3.97. The van der Waals surface area contributed by atoms with Crippen molar-refractivity contribution in [2.45, 2.75) is 25.7 Å². The molecule has 0 saturated heterocycles. The molecule has 3 rings (SSSR count). The van der Waals surface area contributed by atoms with Gasteiger partial charge in [-0.05, 0) is 35.5 Å². The monoisotopic (exact) mass is 248 g/mol. The van der Waals surface area contributed by atoms with Gasteiger partial charge in [0.05, 0.1) is 0 Å². The molecule has 0 aliphatic heterocycles. The second kappa shape index (κ2) is 5.88. The topological polar surface area (TPSA) is 0 Å². The van der Waals surface area contributed by atoms with Crippen LogP contribution in [0, 0.1) is 5.92 Å². The first kappa shape index (κ1) is 12.2. The number of allylic oxidation sites excluding steroid dienone is 1. The van der Waals surface area contributed by atoms with Crippen LogP contribution in [0.2, 0.25) is 0 Å². The molecule has 0 spiro atoms. The Morgan fingerprint density at radius 3 is 1.68 bits per heavy atom. The van der Waals surface area contributed by atoms with E-state index in [-0.39, 0.29) is 0 Å². The van der Waals surface area contributed by atoms with E-state index in [1.807, 2.05) is 0 Å². The Morgan fingerprint density at radius 2 is 1.21 bits per heavy atom. The van der Waals surface area contributed by atoms with E-state index in [1.54, 1.807) is 0 Å². The van der Waals surface area contributed by atoms with E-state index >= 15 is 0 Å². The Balaban J connectivity index is 2.01. The second-order valence-electron chi connectivity index (χ2n) is 5.36. The van der Waals surface area contributed by atoms with Crippen molar-refractivity contribution in [2.75, 3.05) is 0 Å². The molecule has 1 fully saturated rings. The Kier molecular flexibility index (Phi) is 3.78. The van der Waals surface area contributed by atoms with Gasteiger partial charge >= 0.3 is 0 Å². The van der Waals surface area contributed by atoms with Gasteiger partial charge in [0.2, 0.25) is 0 Å². The van der Waals surface area contributed by atoms with Gasteiger partial charge in [-0.15, -0.1) is 0 Å². The lowest BCUT2D eigenvalue weighted by Gasteiger charge is -2.11. The molecule has 0 heteroatoms. The van der Waals surface area contributed by atoms with Crippen molar-refractivity contribution in [3.8, 4) is 0 Å². The summed E-state index contributed by atoms with van der Waals surface area (Å²) in [6, 6.07) is 21.5. The molecular weight excluding hydrogens is 228 g/mol. The van der Waals surface area contributed by atoms with Crippen LogP contribution in [0.1, 0.15) is 36.8 Å². The highest BCUT2D eigenvalue weighted by atomic mass is 14.2. The van der Waals surface area contributed by atoms with Crippen LogP contribution in [0.4, 0.5) is 0 Å². The van der Waals surface area contributed by atoms with Gasteiger partial charge in [-0.3, -0.25) is 0 Å². The molecule has 1 aliphatic rings. The fourth-order valence-electron chi connectivity index (χ4n) is 2.95. The maximum atomic E-state index is 2.50. The Bertz CT molecular complexity index is 489. The molecule has 2 aromatic carbocycles. The quantitative estimate of drug-likeness (QED) is 0.690. The number of hydrogen-bond donors (Lipinski definition) is 0. The molecule has 19 heavy (non-hydrogen) atoms. The highest BCUT2D eigenvalue weighted by Crippen LogP contribution is 2.31. The highest BCUT2D eigenvalue weighted by molar-refractivity contribution is 5.79. The average molecular weight is 248 g/mol. The van der Waals surface area contributed by atoms with E-state index < -0.39 is 0 Å². The highest BCUT2D eigenvalue weighted by Gasteiger charge is 2.14. The maximum absolute atomic E-state index is 2.50. The zero-order chi connectivity index (χ0) is 12.9. The van der Waals surface area contributed by atoms with Crippen molar-refractivity contribution in [3.63, 3.8) is 0 Å². The van der Waals surface area contributed by atoms with Gasteiger partial charge in [-0.2, -0.15) is 0 Å². The van der Waals surface area contributed by atoms with Crippen molar-refractivity contribution in [3.05, 3.63) is 77.9 Å². The third-order valence-corrected chi connectivity index (χ3v) is 3.97. The first-order valence-electron chi connectivity index (χ1n) is 7.26. The summed E-state index contributed by atoms with van der Waals surface area (Å²) in [7, 11) is 0. The Labute approximate surface area is 115 Å². The Hall–Kier alpha value is -1.82. The van der Waals surface area contributed by atoms with E-state index in [0.29, 0.717) is 0 Å². The summed E-state index contributed by atoms with van der Waals surface area (Å²) >= 11 is 0. The number of hydrogen-bond acceptors (Lipinski definition) is 0. The summed E-state index contributed by atoms with van der Waals surface area (Å²) in [6.07, 6.45) is 7.97. The van der Waals surface area contributed by atoms with Gasteiger partial charge in [0.1, 0.15) is 0 Å². The molecule has 1 saturated carbocycles. The van der Waals surface area contributed by atoms with Crippen LogP contribution in [-0.4, -0.2) is 0 Å². The molecule has 0 nitrogen and oxygen atoms in total. The fraction of sp³-hybridized carbons (Fsp3) is 0.263. The molecule has 1 aliphatic carbocycles. The van der Waals surface area contributed by atoms with Gasteiger partial charge in [-0.1, -0.05) is 79.6 Å². The molecular formula is C19H20. The predicted octanol–water partition coefficient (Wildman–Crippen LogP) is 5.31. The van der Waals surface area contributed by atoms with Crippen molar-refractivity contribution in [1.82, 2.24) is 0 Å². The van der Waals surface area contributed by atoms with E-state index in [2.05, 4.69) is 66.7 Å². The molecule has 2 aromatic rings. The number of rotatable bonds is 3. The molecule has 0 bridgehead atoms. The van der Waals surface area contributed by atoms with Gasteiger partial charge in [0.15, 0.2) is 0 Å². The maximum Gasteiger partial charge on any atom is -0.0149 e. The van der Waals surface area contributed by atoms with Crippen LogP contribution >= 0.6 is 0 Å². The molecule has 0 unspecified atom stereocenters. The summed E-state index contributed by atoms with van der Waals surface area (Å²) in [4.78, 5) is 0. The van der Waals surface area contributed by atoms with Crippen LogP contribution in [0.5, 0.6) is 0 Å². The van der Waals surface area contributed by atoms with E-state index in [1.165, 1.54) is 42.4 Å². The first-order valence-corrected chi connectivity index (χ1v) is 7.26. The molecule has 0 radical (unpaired) electrons. The lowest BCUT2D eigenvalue weighted by atomic mass is 9.93. The van der Waals surface area contributed by atoms with Crippen LogP contribution in [-0.2, 0) is 0 Å². The van der Waals surface area contributed by atoms with Gasteiger partial charge < -0.3 is 0 Å². The summed E-state index contributed by atoms with van der Waals surface area (Å²) in [5.74, 6) is 0.760. The fourth-order valence-corrected chi connectivity index (χ4v) is 2.95. The largest absolute Gasteiger partial charge is 0.0729 e. The SMILES string of the molecule is C(=C(c1ccccc1)c1ccccc1)C1CCCC1. The Morgan fingerprint density at radius 1 is 0.737 bits per heavy atom. The van der Waals surface area contributed by atoms with E-state index in [4.69, 9.17) is 0 Å². The zero-order valence-electron chi connectivity index (χ0n) is 11.3. The molecule has 96 valence electrons. The summed E-state index contributed by atoms with van der Waals surface area (Å²) in [5, 5.41) is 0. The van der Waals surface area contributed by atoms with Crippen molar-refractivity contribution in [2.24, 2.45) is 5.92 Å². The van der Waals surface area contributed by atoms with Gasteiger partial charge in [-0.25, -0.2) is 0 Å². The molecule has 0 heterocycles. The van der Waals surface area contributed by atoms with Crippen LogP contribution < -0.4 is 0 Å². The van der Waals surface area contributed by atoms with Crippen LogP contribution in [0.3, 0.4) is 0 Å². The summed E-state index contributed by atoms with van der Waals surface area (Å²) in [6.45, 7) is 0. The van der Waals surface area contributed by atoms with Crippen molar-refractivity contribution >= 4 is 5.57 Å². The third kappa shape index (κ3) is 2.96. The normalized spacial score (nSPS) is 15.4. The summed E-state index contributed by atoms with van der Waals surface area (Å²) in [5.41, 5.74) is 4.06. The van der Waals surface area contributed by atoms with Crippen LogP contribution in [0.25, 0.3) is 5.57 Å². The first-order chi connectivity index (χ1) is 9.43. The minimum atomic E-state index is 0.760. The minimum absolute atomic E-state index is 0.760. The molecule has 0 aromatic heterocycles. The summed E-state index contributed by atoms with van der Waals surface area (Å²) < 4.78 is 0. The zero-order valence-corrected chi connectivity index (χ0v) is 11.3. The van der Waals surface area contributed by atoms with Crippen LogP contribution in [0.15, 0.2) is 66.7 Å². The van der Waals surface area contributed by atoms with E-state index in [0.717, 1.165) is 5.92 Å². The second-order valence-corrected chi connectivity index (χ2v) is 5.36. The molecule has 0 atom stereocenters. The minimum Gasteiger partial charge on any atom is -0.0729 e. The number of benzene rings is 2. The van der Waals surface area contributed by atoms with Gasteiger partial charge in [0, 0.05) is 0 Å². The standard InChI is InChI=1S/C19H20/c1-3-11-17(12-4-1)19(15-16-9-7-8-10-16)18-13-5-2-6-14-18/h1-6,11-16H,7-10H2. The van der Waals surface area contributed by atoms with Gasteiger partial charge in [0.25, 0.3) is 0 Å². The lowest BCUT2D eigenvalue weighted by Crippen LogP contribution is -1.93. The van der Waals surface area contributed by atoms with E-state index in [9.17, 15) is 0 Å². The average Bonchev–Trinajstić information content (AvgIpc) is 3.00. The van der Waals surface area contributed by atoms with Crippen molar-refractivity contribution in [1.29, 1.82) is 0 Å².